The van der Waals surface area contributed by atoms with Crippen molar-refractivity contribution in [1.82, 2.24) is 20.2 Å². The largest absolute Gasteiger partial charge is 0.379 e. The molecule has 1 fully saturated rings. The van der Waals surface area contributed by atoms with E-state index in [2.05, 4.69) is 25.5 Å². The number of ether oxygens (including phenoxy) is 1. The van der Waals surface area contributed by atoms with E-state index in [1.54, 1.807) is 18.2 Å². The van der Waals surface area contributed by atoms with Gasteiger partial charge < -0.3 is 15.4 Å². The lowest BCUT2D eigenvalue weighted by Gasteiger charge is -2.26. The van der Waals surface area contributed by atoms with Crippen LogP contribution in [0.1, 0.15) is 10.5 Å². The second kappa shape index (κ2) is 8.50. The van der Waals surface area contributed by atoms with E-state index in [9.17, 15) is 9.18 Å². The first-order valence-corrected chi connectivity index (χ1v) is 8.15. The minimum Gasteiger partial charge on any atom is -0.379 e. The highest BCUT2D eigenvalue weighted by Gasteiger charge is 2.12. The molecular formula is C17H20FN5O2. The summed E-state index contributed by atoms with van der Waals surface area (Å²) in [6, 6.07) is 7.39. The van der Waals surface area contributed by atoms with Crippen molar-refractivity contribution in [3.63, 3.8) is 0 Å². The number of aromatic nitrogens is 2. The first-order valence-electron chi connectivity index (χ1n) is 8.15. The standard InChI is InChI=1S/C17H20FN5O2/c18-13-1-3-14(4-2-13)21-17-20-6-5-15(22-17)16(24)19-7-8-23-9-11-25-12-10-23/h1-6H,7-12H2,(H,19,24)(H,20,21,22). The summed E-state index contributed by atoms with van der Waals surface area (Å²) in [5.41, 5.74) is 0.924. The zero-order chi connectivity index (χ0) is 17.5. The molecule has 132 valence electrons. The third-order valence-electron chi connectivity index (χ3n) is 3.81. The van der Waals surface area contributed by atoms with Crippen LogP contribution < -0.4 is 10.6 Å². The van der Waals surface area contributed by atoms with Gasteiger partial charge >= 0.3 is 0 Å². The zero-order valence-corrected chi connectivity index (χ0v) is 13.7. The summed E-state index contributed by atoms with van der Waals surface area (Å²) >= 11 is 0. The van der Waals surface area contributed by atoms with Gasteiger partial charge in [-0.25, -0.2) is 14.4 Å². The molecule has 7 nitrogen and oxygen atoms in total. The monoisotopic (exact) mass is 345 g/mol. The van der Waals surface area contributed by atoms with Crippen LogP contribution in [0.5, 0.6) is 0 Å². The van der Waals surface area contributed by atoms with E-state index in [1.807, 2.05) is 0 Å². The molecule has 0 aliphatic carbocycles. The number of carbonyl (C=O) groups is 1. The summed E-state index contributed by atoms with van der Waals surface area (Å²) < 4.78 is 18.2. The highest BCUT2D eigenvalue weighted by Crippen LogP contribution is 2.13. The highest BCUT2D eigenvalue weighted by atomic mass is 19.1. The van der Waals surface area contributed by atoms with E-state index in [1.165, 1.54) is 18.3 Å². The number of nitrogens with one attached hydrogen (secondary N) is 2. The lowest BCUT2D eigenvalue weighted by molar-refractivity contribution is 0.0383. The lowest BCUT2D eigenvalue weighted by Crippen LogP contribution is -2.41. The highest BCUT2D eigenvalue weighted by molar-refractivity contribution is 5.92. The van der Waals surface area contributed by atoms with Gasteiger partial charge in [-0.3, -0.25) is 9.69 Å². The van der Waals surface area contributed by atoms with Crippen LogP contribution in [0, 0.1) is 5.82 Å². The zero-order valence-electron chi connectivity index (χ0n) is 13.7. The van der Waals surface area contributed by atoms with E-state index in [0.29, 0.717) is 12.2 Å². The average molecular weight is 345 g/mol. The number of carbonyl (C=O) groups excluding carboxylic acids is 1. The Bertz CT molecular complexity index is 704. The van der Waals surface area contributed by atoms with Crippen molar-refractivity contribution in [3.8, 4) is 0 Å². The maximum Gasteiger partial charge on any atom is 0.270 e. The molecule has 8 heteroatoms. The van der Waals surface area contributed by atoms with Crippen molar-refractivity contribution in [2.45, 2.75) is 0 Å². The number of hydrogen-bond acceptors (Lipinski definition) is 6. The molecule has 0 bridgehead atoms. The van der Waals surface area contributed by atoms with Crippen LogP contribution in [-0.2, 0) is 4.74 Å². The maximum absolute atomic E-state index is 12.9. The van der Waals surface area contributed by atoms with Gasteiger partial charge in [-0.2, -0.15) is 0 Å². The predicted octanol–water partition coefficient (Wildman–Crippen LogP) is 1.42. The van der Waals surface area contributed by atoms with Crippen LogP contribution in [0.4, 0.5) is 16.0 Å². The van der Waals surface area contributed by atoms with Gasteiger partial charge in [-0.15, -0.1) is 0 Å². The van der Waals surface area contributed by atoms with Gasteiger partial charge in [0.05, 0.1) is 13.2 Å². The van der Waals surface area contributed by atoms with Crippen molar-refractivity contribution in [2.75, 3.05) is 44.7 Å². The molecule has 1 aliphatic rings. The number of halogens is 1. The first kappa shape index (κ1) is 17.2. The SMILES string of the molecule is O=C(NCCN1CCOCC1)c1ccnc(Nc2ccc(F)cc2)n1. The number of benzene rings is 1. The van der Waals surface area contributed by atoms with E-state index in [4.69, 9.17) is 4.74 Å². The minimum atomic E-state index is -0.320. The Labute approximate surface area is 145 Å². The van der Waals surface area contributed by atoms with Crippen molar-refractivity contribution in [2.24, 2.45) is 0 Å². The van der Waals surface area contributed by atoms with E-state index >= 15 is 0 Å². The van der Waals surface area contributed by atoms with E-state index in [0.717, 1.165) is 32.8 Å². The molecule has 0 atom stereocenters. The molecular weight excluding hydrogens is 325 g/mol. The topological polar surface area (TPSA) is 79.4 Å². The van der Waals surface area contributed by atoms with Gasteiger partial charge in [0.15, 0.2) is 0 Å². The van der Waals surface area contributed by atoms with Crippen LogP contribution in [-0.4, -0.2) is 60.2 Å². The third-order valence-corrected chi connectivity index (χ3v) is 3.81. The minimum absolute atomic E-state index is 0.252. The molecule has 2 N–H and O–H groups in total. The summed E-state index contributed by atoms with van der Waals surface area (Å²) in [4.78, 5) is 22.7. The lowest BCUT2D eigenvalue weighted by atomic mass is 10.3. The molecule has 0 spiro atoms. The van der Waals surface area contributed by atoms with Crippen LogP contribution in [0.2, 0.25) is 0 Å². The number of hydrogen-bond donors (Lipinski definition) is 2. The molecule has 0 unspecified atom stereocenters. The smallest absolute Gasteiger partial charge is 0.270 e. The maximum atomic E-state index is 12.9. The van der Waals surface area contributed by atoms with Gasteiger partial charge in [-0.05, 0) is 30.3 Å². The number of anilines is 2. The van der Waals surface area contributed by atoms with E-state index < -0.39 is 0 Å². The second-order valence-corrected chi connectivity index (χ2v) is 5.61. The van der Waals surface area contributed by atoms with Gasteiger partial charge in [0.2, 0.25) is 5.95 Å². The molecule has 1 aliphatic heterocycles. The molecule has 0 saturated carbocycles. The van der Waals surface area contributed by atoms with Crippen LogP contribution in [0.25, 0.3) is 0 Å². The van der Waals surface area contributed by atoms with Gasteiger partial charge in [0, 0.05) is 38.1 Å². The van der Waals surface area contributed by atoms with Crippen LogP contribution in [0.15, 0.2) is 36.5 Å². The van der Waals surface area contributed by atoms with Crippen molar-refractivity contribution in [1.29, 1.82) is 0 Å². The van der Waals surface area contributed by atoms with E-state index in [-0.39, 0.29) is 23.4 Å². The molecule has 1 aromatic carbocycles. The third kappa shape index (κ3) is 5.20. The average Bonchev–Trinajstić information content (AvgIpc) is 2.65. The molecule has 25 heavy (non-hydrogen) atoms. The fourth-order valence-electron chi connectivity index (χ4n) is 2.45. The van der Waals surface area contributed by atoms with Gasteiger partial charge in [-0.1, -0.05) is 0 Å². The second-order valence-electron chi connectivity index (χ2n) is 5.61. The number of rotatable bonds is 6. The Hall–Kier alpha value is -2.58. The van der Waals surface area contributed by atoms with Crippen LogP contribution >= 0.6 is 0 Å². The molecule has 1 saturated heterocycles. The fourth-order valence-corrected chi connectivity index (χ4v) is 2.45. The van der Waals surface area contributed by atoms with Crippen molar-refractivity contribution >= 4 is 17.5 Å². The Kier molecular flexibility index (Phi) is 5.86. The summed E-state index contributed by atoms with van der Waals surface area (Å²) in [5, 5.41) is 5.80. The Morgan fingerprint density at radius 1 is 1.20 bits per heavy atom. The Balaban J connectivity index is 1.52. The summed E-state index contributed by atoms with van der Waals surface area (Å²) in [6.07, 6.45) is 1.51. The van der Waals surface area contributed by atoms with Gasteiger partial charge in [0.25, 0.3) is 5.91 Å². The first-order chi connectivity index (χ1) is 12.2. The Morgan fingerprint density at radius 2 is 1.96 bits per heavy atom. The summed E-state index contributed by atoms with van der Waals surface area (Å²) in [6.45, 7) is 4.56. The molecule has 3 rings (SSSR count). The summed E-state index contributed by atoms with van der Waals surface area (Å²) in [5.74, 6) is -0.287. The molecule has 2 aromatic rings. The van der Waals surface area contributed by atoms with Crippen molar-refractivity contribution < 1.29 is 13.9 Å². The molecule has 2 heterocycles. The molecule has 0 radical (unpaired) electrons. The van der Waals surface area contributed by atoms with Crippen LogP contribution in [0.3, 0.4) is 0 Å². The number of nitrogens with zero attached hydrogens (tertiary/aromatic N) is 3. The fraction of sp³-hybridized carbons (Fsp3) is 0.353. The molecule has 1 amide bonds. The summed E-state index contributed by atoms with van der Waals surface area (Å²) in [7, 11) is 0. The predicted molar refractivity (Wildman–Crippen MR) is 91.3 cm³/mol. The number of morpholine rings is 1. The normalized spacial score (nSPS) is 14.9. The van der Waals surface area contributed by atoms with Crippen molar-refractivity contribution in [3.05, 3.63) is 48.0 Å². The van der Waals surface area contributed by atoms with Gasteiger partial charge in [0.1, 0.15) is 11.5 Å². The molecule has 1 aromatic heterocycles. The Morgan fingerprint density at radius 3 is 2.72 bits per heavy atom. The quantitative estimate of drug-likeness (QED) is 0.824. The number of amides is 1.